The first-order chi connectivity index (χ1) is 6.43. The van der Waals surface area contributed by atoms with Crippen molar-refractivity contribution in [3.05, 3.63) is 0 Å². The molecule has 0 aromatic carbocycles. The van der Waals surface area contributed by atoms with E-state index in [1.54, 1.807) is 13.8 Å². The Labute approximate surface area is 85.7 Å². The van der Waals surface area contributed by atoms with Crippen molar-refractivity contribution in [1.82, 2.24) is 10.6 Å². The van der Waals surface area contributed by atoms with Gasteiger partial charge in [-0.3, -0.25) is 4.79 Å². The van der Waals surface area contributed by atoms with Gasteiger partial charge in [0.05, 0.1) is 11.5 Å². The van der Waals surface area contributed by atoms with Crippen molar-refractivity contribution < 1.29 is 4.79 Å². The molecule has 2 N–H and O–H groups in total. The second kappa shape index (κ2) is 5.61. The Balaban J connectivity index is 3.92. The van der Waals surface area contributed by atoms with Crippen molar-refractivity contribution in [1.29, 1.82) is 5.26 Å². The smallest absolute Gasteiger partial charge is 0.224 e. The summed E-state index contributed by atoms with van der Waals surface area (Å²) in [6.45, 7) is 6.51. The third-order valence-corrected chi connectivity index (χ3v) is 1.97. The minimum absolute atomic E-state index is 0.0114. The topological polar surface area (TPSA) is 64.9 Å². The van der Waals surface area contributed by atoms with E-state index < -0.39 is 5.41 Å². The maximum absolute atomic E-state index is 11.4. The molecule has 1 unspecified atom stereocenters. The molecule has 1 atom stereocenters. The molecule has 0 aliphatic rings. The van der Waals surface area contributed by atoms with Gasteiger partial charge in [0.2, 0.25) is 5.91 Å². The number of hydrogen-bond donors (Lipinski definition) is 2. The average Bonchev–Trinajstić information content (AvgIpc) is 2.15. The lowest BCUT2D eigenvalue weighted by molar-refractivity contribution is -0.124. The van der Waals surface area contributed by atoms with Gasteiger partial charge in [-0.2, -0.15) is 5.26 Å². The van der Waals surface area contributed by atoms with Crippen molar-refractivity contribution in [2.75, 3.05) is 20.1 Å². The van der Waals surface area contributed by atoms with Gasteiger partial charge in [-0.05, 0) is 20.9 Å². The third-order valence-electron chi connectivity index (χ3n) is 1.97. The molecule has 1 amide bonds. The quantitative estimate of drug-likeness (QED) is 0.675. The van der Waals surface area contributed by atoms with E-state index in [2.05, 4.69) is 16.7 Å². The predicted octanol–water partition coefficient (Wildman–Crippen LogP) is 0.508. The van der Waals surface area contributed by atoms with E-state index in [1.807, 2.05) is 14.0 Å². The fourth-order valence-corrected chi connectivity index (χ4v) is 0.921. The predicted molar refractivity (Wildman–Crippen MR) is 55.5 cm³/mol. The summed E-state index contributed by atoms with van der Waals surface area (Å²) in [6, 6.07) is 2.14. The summed E-state index contributed by atoms with van der Waals surface area (Å²) < 4.78 is 0. The Kier molecular flexibility index (Phi) is 5.18. The standard InChI is InChI=1S/C10H19N3O/c1-8(5-12-4)9(14)13-7-10(2,3)6-11/h8,12H,5,7H2,1-4H3,(H,13,14). The van der Waals surface area contributed by atoms with Crippen LogP contribution in [0.4, 0.5) is 0 Å². The molecular formula is C10H19N3O. The van der Waals surface area contributed by atoms with Crippen LogP contribution >= 0.6 is 0 Å². The van der Waals surface area contributed by atoms with Gasteiger partial charge >= 0.3 is 0 Å². The highest BCUT2D eigenvalue weighted by Crippen LogP contribution is 2.10. The van der Waals surface area contributed by atoms with Crippen molar-refractivity contribution >= 4 is 5.91 Å². The molecule has 0 saturated heterocycles. The molecule has 4 nitrogen and oxygen atoms in total. The number of amides is 1. The number of carbonyl (C=O) groups is 1. The summed E-state index contributed by atoms with van der Waals surface area (Å²) in [5, 5.41) is 14.4. The van der Waals surface area contributed by atoms with Crippen LogP contribution in [0.25, 0.3) is 0 Å². The monoisotopic (exact) mass is 197 g/mol. The van der Waals surface area contributed by atoms with Crippen LogP contribution in [0.3, 0.4) is 0 Å². The molecule has 0 aliphatic carbocycles. The summed E-state index contributed by atoms with van der Waals surface area (Å²) in [5.74, 6) is -0.0721. The number of hydrogen-bond acceptors (Lipinski definition) is 3. The first-order valence-electron chi connectivity index (χ1n) is 4.76. The summed E-state index contributed by atoms with van der Waals surface area (Å²) in [4.78, 5) is 11.4. The summed E-state index contributed by atoms with van der Waals surface area (Å²) in [6.07, 6.45) is 0. The van der Waals surface area contributed by atoms with E-state index in [0.717, 1.165) is 0 Å². The van der Waals surface area contributed by atoms with Crippen LogP contribution in [0.5, 0.6) is 0 Å². The highest BCUT2D eigenvalue weighted by Gasteiger charge is 2.19. The molecule has 0 aromatic rings. The molecule has 0 fully saturated rings. The summed E-state index contributed by atoms with van der Waals surface area (Å²) >= 11 is 0. The van der Waals surface area contributed by atoms with E-state index in [4.69, 9.17) is 5.26 Å². The van der Waals surface area contributed by atoms with Crippen molar-refractivity contribution in [2.24, 2.45) is 11.3 Å². The van der Waals surface area contributed by atoms with E-state index >= 15 is 0 Å². The van der Waals surface area contributed by atoms with E-state index in [-0.39, 0.29) is 11.8 Å². The van der Waals surface area contributed by atoms with E-state index in [1.165, 1.54) is 0 Å². The van der Waals surface area contributed by atoms with Crippen LogP contribution < -0.4 is 10.6 Å². The van der Waals surface area contributed by atoms with Crippen molar-refractivity contribution in [2.45, 2.75) is 20.8 Å². The van der Waals surface area contributed by atoms with Gasteiger partial charge in [0.15, 0.2) is 0 Å². The third kappa shape index (κ3) is 4.83. The van der Waals surface area contributed by atoms with Crippen LogP contribution in [-0.2, 0) is 4.79 Å². The average molecular weight is 197 g/mol. The lowest BCUT2D eigenvalue weighted by Crippen LogP contribution is -2.39. The molecule has 0 radical (unpaired) electrons. The summed E-state index contributed by atoms with van der Waals surface area (Å²) in [5.41, 5.74) is -0.491. The number of carbonyl (C=O) groups excluding carboxylic acids is 1. The maximum Gasteiger partial charge on any atom is 0.224 e. The zero-order valence-corrected chi connectivity index (χ0v) is 9.35. The van der Waals surface area contributed by atoms with Crippen LogP contribution in [0.1, 0.15) is 20.8 Å². The molecule has 4 heteroatoms. The van der Waals surface area contributed by atoms with Gasteiger partial charge in [-0.15, -0.1) is 0 Å². The molecule has 0 saturated carbocycles. The maximum atomic E-state index is 11.4. The fourth-order valence-electron chi connectivity index (χ4n) is 0.921. The van der Waals surface area contributed by atoms with Gasteiger partial charge in [-0.1, -0.05) is 6.92 Å². The SMILES string of the molecule is CNCC(C)C(=O)NCC(C)(C)C#N. The normalized spacial score (nSPS) is 13.1. The van der Waals surface area contributed by atoms with Crippen molar-refractivity contribution in [3.63, 3.8) is 0 Å². The first-order valence-corrected chi connectivity index (χ1v) is 4.76. The van der Waals surface area contributed by atoms with Crippen LogP contribution in [0, 0.1) is 22.7 Å². The Morgan fingerprint density at radius 3 is 2.57 bits per heavy atom. The lowest BCUT2D eigenvalue weighted by Gasteiger charge is -2.18. The molecule has 14 heavy (non-hydrogen) atoms. The van der Waals surface area contributed by atoms with Gasteiger partial charge in [0, 0.05) is 19.0 Å². The molecule has 80 valence electrons. The number of rotatable bonds is 5. The summed E-state index contributed by atoms with van der Waals surface area (Å²) in [7, 11) is 1.81. The number of nitrogens with zero attached hydrogens (tertiary/aromatic N) is 1. The molecule has 0 heterocycles. The molecule has 0 bridgehead atoms. The second-order valence-electron chi connectivity index (χ2n) is 4.17. The van der Waals surface area contributed by atoms with Crippen LogP contribution in [-0.4, -0.2) is 26.0 Å². The first kappa shape index (κ1) is 12.9. The number of nitriles is 1. The van der Waals surface area contributed by atoms with Gasteiger partial charge in [0.1, 0.15) is 0 Å². The molecule has 0 aliphatic heterocycles. The fraction of sp³-hybridized carbons (Fsp3) is 0.800. The highest BCUT2D eigenvalue weighted by atomic mass is 16.1. The molecule has 0 spiro atoms. The van der Waals surface area contributed by atoms with Crippen LogP contribution in [0.15, 0.2) is 0 Å². The van der Waals surface area contributed by atoms with Gasteiger partial charge in [-0.25, -0.2) is 0 Å². The Bertz CT molecular complexity index is 230. The molecule has 0 rings (SSSR count). The minimum atomic E-state index is -0.491. The van der Waals surface area contributed by atoms with E-state index in [9.17, 15) is 4.79 Å². The Morgan fingerprint density at radius 2 is 2.14 bits per heavy atom. The Hall–Kier alpha value is -1.08. The van der Waals surface area contributed by atoms with Gasteiger partial charge < -0.3 is 10.6 Å². The van der Waals surface area contributed by atoms with Crippen molar-refractivity contribution in [3.8, 4) is 6.07 Å². The second-order valence-corrected chi connectivity index (χ2v) is 4.17. The zero-order valence-electron chi connectivity index (χ0n) is 9.35. The molecular weight excluding hydrogens is 178 g/mol. The molecule has 0 aromatic heterocycles. The zero-order chi connectivity index (χ0) is 11.2. The van der Waals surface area contributed by atoms with E-state index in [0.29, 0.717) is 13.1 Å². The Morgan fingerprint density at radius 1 is 1.57 bits per heavy atom. The van der Waals surface area contributed by atoms with Gasteiger partial charge in [0.25, 0.3) is 0 Å². The minimum Gasteiger partial charge on any atom is -0.354 e. The highest BCUT2D eigenvalue weighted by molar-refractivity contribution is 5.78. The largest absolute Gasteiger partial charge is 0.354 e. The lowest BCUT2D eigenvalue weighted by atomic mass is 9.96. The number of nitrogens with one attached hydrogen (secondary N) is 2. The van der Waals surface area contributed by atoms with Crippen LogP contribution in [0.2, 0.25) is 0 Å².